The van der Waals surface area contributed by atoms with Gasteiger partial charge in [0, 0.05) is 11.1 Å². The van der Waals surface area contributed by atoms with Crippen LogP contribution in [0.1, 0.15) is 29.5 Å². The second kappa shape index (κ2) is 4.56. The van der Waals surface area contributed by atoms with Crippen LogP contribution < -0.4 is 5.73 Å². The molecule has 0 atom stereocenters. The molecule has 4 rings (SSSR count). The van der Waals surface area contributed by atoms with Crippen LogP contribution in [0.4, 0.5) is 23.4 Å². The molecule has 24 heavy (non-hydrogen) atoms. The third-order valence-electron chi connectivity index (χ3n) is 4.39. The minimum atomic E-state index is -4.77. The summed E-state index contributed by atoms with van der Waals surface area (Å²) in [5.74, 6) is -1.95. The van der Waals surface area contributed by atoms with E-state index in [-0.39, 0.29) is 18.1 Å². The molecule has 1 aliphatic heterocycles. The molecule has 5 nitrogen and oxygen atoms in total. The first-order valence-electron chi connectivity index (χ1n) is 7.12. The van der Waals surface area contributed by atoms with Crippen molar-refractivity contribution >= 4 is 5.82 Å². The van der Waals surface area contributed by atoms with Gasteiger partial charge in [0.05, 0.1) is 23.3 Å². The van der Waals surface area contributed by atoms with Crippen molar-refractivity contribution in [2.24, 2.45) is 0 Å². The molecule has 1 saturated carbocycles. The first kappa shape index (κ1) is 15.1. The average Bonchev–Trinajstić information content (AvgIpc) is 3.14. The van der Waals surface area contributed by atoms with Gasteiger partial charge < -0.3 is 15.6 Å². The van der Waals surface area contributed by atoms with Gasteiger partial charge in [-0.25, -0.2) is 4.39 Å². The molecule has 1 fully saturated rings. The number of halogens is 4. The van der Waals surface area contributed by atoms with Crippen molar-refractivity contribution in [3.63, 3.8) is 0 Å². The minimum Gasteiger partial charge on any atom is -0.507 e. The number of nitrogen functional groups attached to an aromatic ring is 1. The molecule has 3 N–H and O–H groups in total. The van der Waals surface area contributed by atoms with E-state index in [1.165, 1.54) is 0 Å². The van der Waals surface area contributed by atoms with E-state index >= 15 is 0 Å². The Balaban J connectivity index is 1.91. The van der Waals surface area contributed by atoms with Gasteiger partial charge in [-0.2, -0.15) is 13.2 Å². The zero-order valence-corrected chi connectivity index (χ0v) is 12.1. The summed E-state index contributed by atoms with van der Waals surface area (Å²) in [6.07, 6.45) is -3.31. The highest BCUT2D eigenvalue weighted by Crippen LogP contribution is 2.57. The lowest BCUT2D eigenvalue weighted by Gasteiger charge is -2.14. The van der Waals surface area contributed by atoms with Crippen LogP contribution in [0.15, 0.2) is 12.1 Å². The van der Waals surface area contributed by atoms with Gasteiger partial charge in [-0.3, -0.25) is 0 Å². The summed E-state index contributed by atoms with van der Waals surface area (Å²) >= 11 is 0. The Bertz CT molecular complexity index is 840. The monoisotopic (exact) mass is 341 g/mol. The van der Waals surface area contributed by atoms with Crippen molar-refractivity contribution < 1.29 is 27.4 Å². The van der Waals surface area contributed by atoms with E-state index in [2.05, 4.69) is 10.2 Å². The van der Waals surface area contributed by atoms with Gasteiger partial charge in [0.1, 0.15) is 17.3 Å². The molecule has 2 heterocycles. The largest absolute Gasteiger partial charge is 0.507 e. The first-order valence-corrected chi connectivity index (χ1v) is 7.12. The topological polar surface area (TPSA) is 81.3 Å². The van der Waals surface area contributed by atoms with E-state index in [9.17, 15) is 22.7 Å². The van der Waals surface area contributed by atoms with E-state index in [1.54, 1.807) is 0 Å². The third kappa shape index (κ3) is 2.04. The molecule has 0 amide bonds. The van der Waals surface area contributed by atoms with Gasteiger partial charge in [-0.1, -0.05) is 0 Å². The van der Waals surface area contributed by atoms with Crippen LogP contribution in [-0.2, 0) is 23.1 Å². The summed E-state index contributed by atoms with van der Waals surface area (Å²) in [5.41, 5.74) is 4.55. The molecule has 1 aromatic heterocycles. The fourth-order valence-electron chi connectivity index (χ4n) is 3.12. The van der Waals surface area contributed by atoms with Gasteiger partial charge in [0.25, 0.3) is 0 Å². The maximum Gasteiger partial charge on any atom is 0.416 e. The number of alkyl halides is 3. The summed E-state index contributed by atoms with van der Waals surface area (Å²) in [7, 11) is 0. The number of phenolic OH excluding ortho intramolecular Hbond substituents is 1. The van der Waals surface area contributed by atoms with Gasteiger partial charge >= 0.3 is 6.18 Å². The van der Waals surface area contributed by atoms with Gasteiger partial charge in [0.2, 0.25) is 0 Å². The highest BCUT2D eigenvalue weighted by Gasteiger charge is 2.53. The summed E-state index contributed by atoms with van der Waals surface area (Å²) in [6, 6.07) is 0.785. The van der Waals surface area contributed by atoms with Gasteiger partial charge in [-0.05, 0) is 25.0 Å². The zero-order valence-electron chi connectivity index (χ0n) is 12.1. The van der Waals surface area contributed by atoms with E-state index in [0.717, 1.165) is 12.8 Å². The van der Waals surface area contributed by atoms with Crippen LogP contribution in [0.2, 0.25) is 0 Å². The van der Waals surface area contributed by atoms with Crippen LogP contribution in [0, 0.1) is 5.82 Å². The van der Waals surface area contributed by atoms with E-state index in [1.807, 2.05) is 0 Å². The Morgan fingerprint density at radius 2 is 1.92 bits per heavy atom. The Morgan fingerprint density at radius 3 is 2.50 bits per heavy atom. The van der Waals surface area contributed by atoms with Crippen molar-refractivity contribution in [2.75, 3.05) is 5.73 Å². The van der Waals surface area contributed by atoms with Crippen LogP contribution in [-0.4, -0.2) is 15.3 Å². The minimum absolute atomic E-state index is 0.0494. The average molecular weight is 341 g/mol. The molecule has 1 aromatic carbocycles. The van der Waals surface area contributed by atoms with Gasteiger partial charge in [0.15, 0.2) is 5.82 Å². The van der Waals surface area contributed by atoms with Crippen LogP contribution in [0.5, 0.6) is 5.75 Å². The molecule has 2 aromatic rings. The number of hydrogen-bond donors (Lipinski definition) is 2. The number of nitrogens with two attached hydrogens (primary N) is 1. The normalized spacial score (nSPS) is 18.0. The second-order valence-electron chi connectivity index (χ2n) is 5.92. The lowest BCUT2D eigenvalue weighted by atomic mass is 9.98. The Labute approximate surface area is 133 Å². The predicted molar refractivity (Wildman–Crippen MR) is 74.2 cm³/mol. The fraction of sp³-hybridized carbons (Fsp3) is 0.333. The number of fused-ring (bicyclic) bond motifs is 2. The fourth-order valence-corrected chi connectivity index (χ4v) is 3.12. The van der Waals surface area contributed by atoms with Crippen molar-refractivity contribution in [1.82, 2.24) is 10.2 Å². The van der Waals surface area contributed by atoms with Crippen LogP contribution >= 0.6 is 0 Å². The Morgan fingerprint density at radius 1 is 1.21 bits per heavy atom. The maximum absolute atomic E-state index is 14.3. The molecule has 0 bridgehead atoms. The second-order valence-corrected chi connectivity index (χ2v) is 5.92. The number of rotatable bonds is 1. The lowest BCUT2D eigenvalue weighted by Crippen LogP contribution is -2.10. The maximum atomic E-state index is 14.3. The number of aromatic hydroxyl groups is 1. The Hall–Kier alpha value is -2.42. The predicted octanol–water partition coefficient (Wildman–Crippen LogP) is 3.11. The smallest absolute Gasteiger partial charge is 0.416 e. The van der Waals surface area contributed by atoms with E-state index in [4.69, 9.17) is 10.5 Å². The highest BCUT2D eigenvalue weighted by atomic mass is 19.4. The van der Waals surface area contributed by atoms with Crippen molar-refractivity contribution in [3.05, 3.63) is 34.6 Å². The van der Waals surface area contributed by atoms with Crippen molar-refractivity contribution in [1.29, 1.82) is 0 Å². The summed E-state index contributed by atoms with van der Waals surface area (Å²) in [6.45, 7) is 0.0876. The number of anilines is 1. The number of nitrogens with zero attached hydrogens (tertiary/aromatic N) is 2. The number of phenols is 1. The molecule has 126 valence electrons. The SMILES string of the molecule is Nc1nnc(-c2c(O)cc(C(F)(F)F)cc2F)c2c1C1(CC1)OC2. The highest BCUT2D eigenvalue weighted by molar-refractivity contribution is 5.74. The summed E-state index contributed by atoms with van der Waals surface area (Å²) in [4.78, 5) is 0. The van der Waals surface area contributed by atoms with Crippen LogP contribution in [0.3, 0.4) is 0 Å². The number of hydrogen-bond acceptors (Lipinski definition) is 5. The number of aromatic nitrogens is 2. The number of benzene rings is 1. The molecule has 0 radical (unpaired) electrons. The van der Waals surface area contributed by atoms with E-state index in [0.29, 0.717) is 23.3 Å². The molecule has 9 heteroatoms. The van der Waals surface area contributed by atoms with Gasteiger partial charge in [-0.15, -0.1) is 10.2 Å². The Kier molecular flexibility index (Phi) is 2.88. The molecule has 0 unspecified atom stereocenters. The molecular formula is C15H11F4N3O2. The van der Waals surface area contributed by atoms with Crippen molar-refractivity contribution in [3.8, 4) is 17.0 Å². The quantitative estimate of drug-likeness (QED) is 0.779. The number of ether oxygens (including phenoxy) is 1. The summed E-state index contributed by atoms with van der Waals surface area (Å²) < 4.78 is 58.1. The molecular weight excluding hydrogens is 330 g/mol. The molecule has 2 aliphatic rings. The standard InChI is InChI=1S/C15H11F4N3O2/c16-8-3-6(15(17,18)19)4-9(23)10(8)12-7-5-24-14(1-2-14)11(7)13(20)22-21-12/h3-4,23H,1-2,5H2,(H2,20,22). The molecule has 1 spiro atoms. The third-order valence-corrected chi connectivity index (χ3v) is 4.39. The van der Waals surface area contributed by atoms with E-state index < -0.39 is 34.5 Å². The molecule has 1 aliphatic carbocycles. The summed E-state index contributed by atoms with van der Waals surface area (Å²) in [5, 5.41) is 17.5. The molecule has 0 saturated heterocycles. The zero-order chi connectivity index (χ0) is 17.3. The van der Waals surface area contributed by atoms with Crippen molar-refractivity contribution in [2.45, 2.75) is 31.2 Å². The van der Waals surface area contributed by atoms with Crippen LogP contribution in [0.25, 0.3) is 11.3 Å². The first-order chi connectivity index (χ1) is 11.2. The lowest BCUT2D eigenvalue weighted by molar-refractivity contribution is -0.137.